The topological polar surface area (TPSA) is 67.1 Å². The van der Waals surface area contributed by atoms with E-state index in [0.29, 0.717) is 5.69 Å². The van der Waals surface area contributed by atoms with Crippen molar-refractivity contribution in [2.24, 2.45) is 5.73 Å². The minimum Gasteiger partial charge on any atom is -0.376 e. The van der Waals surface area contributed by atoms with Crippen LogP contribution in [0.25, 0.3) is 0 Å². The van der Waals surface area contributed by atoms with Gasteiger partial charge in [-0.1, -0.05) is 6.07 Å². The summed E-state index contributed by atoms with van der Waals surface area (Å²) in [5.74, 6) is -0.522. The number of carbonyl (C=O) groups excluding carboxylic acids is 1. The maximum absolute atomic E-state index is 12.6. The summed E-state index contributed by atoms with van der Waals surface area (Å²) in [5.41, 5.74) is 5.45. The minimum absolute atomic E-state index is 0.0650. The number of benzene rings is 2. The van der Waals surface area contributed by atoms with Gasteiger partial charge in [0.25, 0.3) is 5.91 Å². The predicted octanol–water partition coefficient (Wildman–Crippen LogP) is 3.61. The lowest BCUT2D eigenvalue weighted by Gasteiger charge is -2.10. The van der Waals surface area contributed by atoms with E-state index in [0.717, 1.165) is 12.1 Å². The van der Waals surface area contributed by atoms with Crippen LogP contribution in [0.2, 0.25) is 0 Å². The molecule has 4 N–H and O–H groups in total. The molecule has 0 aliphatic carbocycles. The predicted molar refractivity (Wildman–Crippen MR) is 86.2 cm³/mol. The first kappa shape index (κ1) is 16.8. The molecule has 0 saturated heterocycles. The Morgan fingerprint density at radius 2 is 1.65 bits per heavy atom. The van der Waals surface area contributed by atoms with E-state index < -0.39 is 17.6 Å². The number of carbonyl (C=O) groups is 1. The van der Waals surface area contributed by atoms with Gasteiger partial charge in [0.2, 0.25) is 0 Å². The summed E-state index contributed by atoms with van der Waals surface area (Å²) in [7, 11) is 0. The van der Waals surface area contributed by atoms with Crippen LogP contribution < -0.4 is 16.4 Å². The van der Waals surface area contributed by atoms with E-state index in [1.165, 1.54) is 24.3 Å². The van der Waals surface area contributed by atoms with Gasteiger partial charge in [0.05, 0.1) is 5.56 Å². The zero-order valence-corrected chi connectivity index (χ0v) is 12.5. The van der Waals surface area contributed by atoms with Crippen molar-refractivity contribution in [1.29, 1.82) is 0 Å². The smallest absolute Gasteiger partial charge is 0.376 e. The van der Waals surface area contributed by atoms with E-state index in [9.17, 15) is 18.0 Å². The molecule has 2 rings (SSSR count). The van der Waals surface area contributed by atoms with Crippen molar-refractivity contribution in [1.82, 2.24) is 0 Å². The first-order valence-corrected chi connectivity index (χ1v) is 6.81. The molecule has 0 saturated carbocycles. The van der Waals surface area contributed by atoms with Crippen LogP contribution >= 0.6 is 12.2 Å². The molecule has 2 aromatic rings. The van der Waals surface area contributed by atoms with Gasteiger partial charge < -0.3 is 16.4 Å². The first-order chi connectivity index (χ1) is 10.8. The zero-order chi connectivity index (χ0) is 17.0. The molecule has 4 nitrogen and oxygen atoms in total. The Kier molecular flexibility index (Phi) is 4.85. The second-order valence-corrected chi connectivity index (χ2v) is 5.04. The van der Waals surface area contributed by atoms with Crippen LogP contribution in [0.4, 0.5) is 24.5 Å². The summed E-state index contributed by atoms with van der Waals surface area (Å²) in [6.07, 6.45) is -4.46. The number of hydrogen-bond acceptors (Lipinski definition) is 2. The van der Waals surface area contributed by atoms with E-state index in [4.69, 9.17) is 5.73 Å². The van der Waals surface area contributed by atoms with Crippen molar-refractivity contribution >= 4 is 34.6 Å². The van der Waals surface area contributed by atoms with Gasteiger partial charge in [-0.2, -0.15) is 13.2 Å². The second kappa shape index (κ2) is 6.66. The van der Waals surface area contributed by atoms with Crippen LogP contribution in [0.5, 0.6) is 0 Å². The Morgan fingerprint density at radius 3 is 2.22 bits per heavy atom. The molecular weight excluding hydrogens is 327 g/mol. The Labute approximate surface area is 135 Å². The zero-order valence-electron chi connectivity index (χ0n) is 11.6. The average molecular weight is 339 g/mol. The third kappa shape index (κ3) is 4.68. The fourth-order valence-electron chi connectivity index (χ4n) is 1.82. The highest BCUT2D eigenvalue weighted by Crippen LogP contribution is 2.30. The molecule has 0 fully saturated rings. The Morgan fingerprint density at radius 1 is 1.00 bits per heavy atom. The SMILES string of the molecule is NC(=S)Nc1ccc(C(=O)Nc2cccc(C(F)(F)F)c2)cc1. The highest BCUT2D eigenvalue weighted by atomic mass is 32.1. The maximum atomic E-state index is 12.6. The normalized spacial score (nSPS) is 10.9. The molecule has 0 bridgehead atoms. The Bertz CT molecular complexity index is 729. The minimum atomic E-state index is -4.46. The van der Waals surface area contributed by atoms with Crippen molar-refractivity contribution in [2.75, 3.05) is 10.6 Å². The fourth-order valence-corrected chi connectivity index (χ4v) is 1.94. The third-order valence-corrected chi connectivity index (χ3v) is 2.96. The lowest BCUT2D eigenvalue weighted by molar-refractivity contribution is -0.137. The summed E-state index contributed by atoms with van der Waals surface area (Å²) in [4.78, 5) is 12.0. The van der Waals surface area contributed by atoms with Gasteiger partial charge in [-0.3, -0.25) is 4.79 Å². The van der Waals surface area contributed by atoms with E-state index in [2.05, 4.69) is 22.9 Å². The van der Waals surface area contributed by atoms with Crippen molar-refractivity contribution < 1.29 is 18.0 Å². The van der Waals surface area contributed by atoms with Crippen molar-refractivity contribution in [3.63, 3.8) is 0 Å². The molecule has 0 atom stereocenters. The highest BCUT2D eigenvalue weighted by molar-refractivity contribution is 7.80. The quantitative estimate of drug-likeness (QED) is 0.747. The lowest BCUT2D eigenvalue weighted by Crippen LogP contribution is -2.19. The van der Waals surface area contributed by atoms with Crippen molar-refractivity contribution in [3.8, 4) is 0 Å². The summed E-state index contributed by atoms with van der Waals surface area (Å²) in [5, 5.41) is 5.21. The Hall–Kier alpha value is -2.61. The van der Waals surface area contributed by atoms with E-state index in [-0.39, 0.29) is 16.4 Å². The lowest BCUT2D eigenvalue weighted by atomic mass is 10.1. The molecule has 0 heterocycles. The monoisotopic (exact) mass is 339 g/mol. The summed E-state index contributed by atoms with van der Waals surface area (Å²) in [6.45, 7) is 0. The molecular formula is C15H12F3N3OS. The molecule has 0 aliphatic heterocycles. The highest BCUT2D eigenvalue weighted by Gasteiger charge is 2.30. The molecule has 8 heteroatoms. The van der Waals surface area contributed by atoms with Gasteiger partial charge in [0.15, 0.2) is 5.11 Å². The molecule has 0 aromatic heterocycles. The molecule has 0 aliphatic rings. The first-order valence-electron chi connectivity index (χ1n) is 6.41. The van der Waals surface area contributed by atoms with Gasteiger partial charge >= 0.3 is 6.18 Å². The van der Waals surface area contributed by atoms with Gasteiger partial charge in [0.1, 0.15) is 0 Å². The van der Waals surface area contributed by atoms with Crippen LogP contribution in [0, 0.1) is 0 Å². The number of nitrogens with two attached hydrogens (primary N) is 1. The Balaban J connectivity index is 2.11. The van der Waals surface area contributed by atoms with Crippen molar-refractivity contribution in [2.45, 2.75) is 6.18 Å². The molecule has 2 aromatic carbocycles. The molecule has 1 amide bonds. The molecule has 0 spiro atoms. The molecule has 0 unspecified atom stereocenters. The van der Waals surface area contributed by atoms with Gasteiger partial charge in [-0.05, 0) is 54.7 Å². The number of halogens is 3. The van der Waals surface area contributed by atoms with Crippen LogP contribution in [0.3, 0.4) is 0 Å². The van der Waals surface area contributed by atoms with E-state index in [1.807, 2.05) is 0 Å². The number of rotatable bonds is 3. The third-order valence-electron chi connectivity index (χ3n) is 2.86. The van der Waals surface area contributed by atoms with E-state index >= 15 is 0 Å². The molecule has 0 radical (unpaired) electrons. The van der Waals surface area contributed by atoms with E-state index in [1.54, 1.807) is 12.1 Å². The van der Waals surface area contributed by atoms with Crippen LogP contribution in [-0.4, -0.2) is 11.0 Å². The molecule has 120 valence electrons. The van der Waals surface area contributed by atoms with Crippen molar-refractivity contribution in [3.05, 3.63) is 59.7 Å². The second-order valence-electron chi connectivity index (χ2n) is 4.60. The number of amides is 1. The molecule has 23 heavy (non-hydrogen) atoms. The van der Waals surface area contributed by atoms with Crippen LogP contribution in [0.1, 0.15) is 15.9 Å². The number of thiocarbonyl (C=S) groups is 1. The fraction of sp³-hybridized carbons (Fsp3) is 0.0667. The van der Waals surface area contributed by atoms with Gasteiger partial charge in [-0.15, -0.1) is 0 Å². The summed E-state index contributed by atoms with van der Waals surface area (Å²) in [6, 6.07) is 10.6. The summed E-state index contributed by atoms with van der Waals surface area (Å²) >= 11 is 4.69. The average Bonchev–Trinajstić information content (AvgIpc) is 2.46. The number of anilines is 2. The van der Waals surface area contributed by atoms with Gasteiger partial charge in [-0.25, -0.2) is 0 Å². The van der Waals surface area contributed by atoms with Crippen LogP contribution in [-0.2, 0) is 6.18 Å². The van der Waals surface area contributed by atoms with Crippen LogP contribution in [0.15, 0.2) is 48.5 Å². The standard InChI is InChI=1S/C15H12F3N3OS/c16-15(17,18)10-2-1-3-12(8-10)20-13(22)9-4-6-11(7-5-9)21-14(19)23/h1-8H,(H,20,22)(H3,19,21,23). The van der Waals surface area contributed by atoms with Gasteiger partial charge in [0, 0.05) is 16.9 Å². The number of hydrogen-bond donors (Lipinski definition) is 3. The maximum Gasteiger partial charge on any atom is 0.416 e. The largest absolute Gasteiger partial charge is 0.416 e. The number of alkyl halides is 3. The summed E-state index contributed by atoms with van der Waals surface area (Å²) < 4.78 is 37.9. The number of nitrogens with one attached hydrogen (secondary N) is 2.